The van der Waals surface area contributed by atoms with Gasteiger partial charge in [0.15, 0.2) is 5.82 Å². The number of aryl methyl sites for hydroxylation is 1. The van der Waals surface area contributed by atoms with E-state index in [-0.39, 0.29) is 34.6 Å². The lowest BCUT2D eigenvalue weighted by Gasteiger charge is -2.64. The first-order valence-electron chi connectivity index (χ1n) is 16.7. The molecule has 2 aromatic carbocycles. The van der Waals surface area contributed by atoms with E-state index in [4.69, 9.17) is 0 Å². The maximum atomic E-state index is 13.5. The topological polar surface area (TPSA) is 136 Å². The number of carbonyl (C=O) groups is 2. The predicted octanol–water partition coefficient (Wildman–Crippen LogP) is 3.94. The van der Waals surface area contributed by atoms with Crippen LogP contribution in [-0.2, 0) is 16.6 Å². The molecule has 238 valence electrons. The Morgan fingerprint density at radius 3 is 2.66 bits per heavy atom. The van der Waals surface area contributed by atoms with Crippen LogP contribution >= 0.6 is 0 Å². The molecule has 4 aromatic rings. The van der Waals surface area contributed by atoms with Gasteiger partial charge in [0.05, 0.1) is 29.6 Å². The number of rotatable bonds is 6. The number of amides is 2. The van der Waals surface area contributed by atoms with Gasteiger partial charge in [0.1, 0.15) is 6.33 Å². The summed E-state index contributed by atoms with van der Waals surface area (Å²) < 4.78 is 1.70. The number of aromatic amines is 1. The first-order valence-corrected chi connectivity index (χ1v) is 16.7. The van der Waals surface area contributed by atoms with Crippen molar-refractivity contribution in [2.24, 2.45) is 23.8 Å². The number of hydrogen-bond acceptors (Lipinski definition) is 7. The van der Waals surface area contributed by atoms with Crippen LogP contribution < -0.4 is 5.32 Å². The lowest BCUT2D eigenvalue weighted by molar-refractivity contribution is -0.131. The summed E-state index contributed by atoms with van der Waals surface area (Å²) >= 11 is 0. The lowest BCUT2D eigenvalue weighted by Crippen LogP contribution is -2.58. The molecule has 11 nitrogen and oxygen atoms in total. The first-order chi connectivity index (χ1) is 22.8. The summed E-state index contributed by atoms with van der Waals surface area (Å²) in [4.78, 5) is 34.9. The Balaban J connectivity index is 0.864. The molecule has 0 radical (unpaired) electrons. The van der Waals surface area contributed by atoms with Crippen LogP contribution in [0.5, 0.6) is 0 Å². The van der Waals surface area contributed by atoms with Gasteiger partial charge >= 0.3 is 0 Å². The Hall–Kier alpha value is -4.82. The molecule has 10 rings (SSSR count). The van der Waals surface area contributed by atoms with Crippen molar-refractivity contribution in [3.63, 3.8) is 0 Å². The smallest absolute Gasteiger partial charge is 0.237 e. The van der Waals surface area contributed by atoms with E-state index < -0.39 is 0 Å². The predicted molar refractivity (Wildman–Crippen MR) is 174 cm³/mol. The molecule has 11 heteroatoms. The standard InChI is InChI=1S/C36H37N9O2/c1-43-21-38-34(42-43)24-4-2-22(3-5-24)23-8-11-45(12-9-23)30(47)18-44-13-10-35(20-44)17-29(46)39-33(35)25-6-7-28-27(14-25)32(41-40-28)31-26-15-36(31,16-26)19-37/h2-8,14,21,26,31,33H,9-13,15-18,20H2,1H3,(H,39,46)(H,40,41)/t26?,31-,33?,35?,36?/m1/s1. The molecule has 3 atom stereocenters. The molecule has 2 unspecified atom stereocenters. The second kappa shape index (κ2) is 10.3. The van der Waals surface area contributed by atoms with Crippen LogP contribution in [0.15, 0.2) is 54.9 Å². The number of aromatic nitrogens is 5. The third-order valence-electron chi connectivity index (χ3n) is 11.7. The molecule has 3 aliphatic carbocycles. The molecular weight excluding hydrogens is 590 g/mol. The second-order valence-corrected chi connectivity index (χ2v) is 14.5. The number of fused-ring (bicyclic) bond motifs is 1. The lowest BCUT2D eigenvalue weighted by atomic mass is 9.37. The minimum Gasteiger partial charge on any atom is -0.349 e. The molecule has 2 bridgehead atoms. The van der Waals surface area contributed by atoms with E-state index in [0.717, 1.165) is 65.5 Å². The van der Waals surface area contributed by atoms with Gasteiger partial charge in [0, 0.05) is 61.1 Å². The van der Waals surface area contributed by atoms with Crippen LogP contribution in [0.25, 0.3) is 27.9 Å². The Morgan fingerprint density at radius 1 is 1.13 bits per heavy atom. The third-order valence-corrected chi connectivity index (χ3v) is 11.7. The molecule has 6 aliphatic rings. The van der Waals surface area contributed by atoms with Crippen LogP contribution in [0, 0.1) is 28.1 Å². The summed E-state index contributed by atoms with van der Waals surface area (Å²) in [5.74, 6) is 1.70. The number of nitrogens with one attached hydrogen (secondary N) is 2. The molecule has 47 heavy (non-hydrogen) atoms. The fourth-order valence-corrected chi connectivity index (χ4v) is 9.11. The summed E-state index contributed by atoms with van der Waals surface area (Å²) in [5, 5.41) is 26.4. The summed E-state index contributed by atoms with van der Waals surface area (Å²) in [6.07, 6.45) is 7.97. The fourth-order valence-electron chi connectivity index (χ4n) is 9.11. The van der Waals surface area contributed by atoms with Crippen molar-refractivity contribution < 1.29 is 9.59 Å². The van der Waals surface area contributed by atoms with Gasteiger partial charge in [-0.2, -0.15) is 15.5 Å². The van der Waals surface area contributed by atoms with Crippen LogP contribution in [0.3, 0.4) is 0 Å². The van der Waals surface area contributed by atoms with Gasteiger partial charge in [-0.15, -0.1) is 0 Å². The van der Waals surface area contributed by atoms with E-state index >= 15 is 0 Å². The van der Waals surface area contributed by atoms with E-state index in [1.165, 1.54) is 5.57 Å². The van der Waals surface area contributed by atoms with Gasteiger partial charge in [0.2, 0.25) is 11.8 Å². The van der Waals surface area contributed by atoms with Crippen molar-refractivity contribution >= 4 is 28.3 Å². The molecule has 3 saturated carbocycles. The van der Waals surface area contributed by atoms with Crippen molar-refractivity contribution in [2.45, 2.75) is 44.1 Å². The highest BCUT2D eigenvalue weighted by Gasteiger charge is 2.67. The molecule has 5 heterocycles. The number of nitriles is 1. The van der Waals surface area contributed by atoms with E-state index in [1.54, 1.807) is 11.0 Å². The molecule has 5 fully saturated rings. The fraction of sp³-hybridized carbons (Fsp3) is 0.444. The summed E-state index contributed by atoms with van der Waals surface area (Å²) in [5.41, 5.74) is 5.96. The minimum absolute atomic E-state index is 0.0670. The van der Waals surface area contributed by atoms with Gasteiger partial charge in [-0.3, -0.25) is 24.3 Å². The number of likely N-dealkylation sites (tertiary alicyclic amines) is 1. The van der Waals surface area contributed by atoms with Crippen LogP contribution in [0.2, 0.25) is 0 Å². The number of nitrogens with zero attached hydrogens (tertiary/aromatic N) is 7. The number of hydrogen-bond donors (Lipinski definition) is 2. The van der Waals surface area contributed by atoms with Crippen LogP contribution in [0.4, 0.5) is 0 Å². The molecule has 2 amide bonds. The summed E-state index contributed by atoms with van der Waals surface area (Å²) in [6, 6.07) is 17.1. The Labute approximate surface area is 272 Å². The molecule has 2 saturated heterocycles. The Kier molecular flexibility index (Phi) is 6.25. The zero-order chi connectivity index (χ0) is 31.9. The van der Waals surface area contributed by atoms with Gasteiger partial charge in [-0.1, -0.05) is 36.4 Å². The number of H-pyrrole nitrogens is 1. The molecule has 1 spiro atoms. The Morgan fingerprint density at radius 2 is 1.96 bits per heavy atom. The highest BCUT2D eigenvalue weighted by Crippen LogP contribution is 2.73. The van der Waals surface area contributed by atoms with Crippen LogP contribution in [-0.4, -0.2) is 79.3 Å². The van der Waals surface area contributed by atoms with Gasteiger partial charge in [-0.25, -0.2) is 4.98 Å². The second-order valence-electron chi connectivity index (χ2n) is 14.5. The zero-order valence-corrected chi connectivity index (χ0v) is 26.4. The monoisotopic (exact) mass is 627 g/mol. The molecule has 3 aliphatic heterocycles. The van der Waals surface area contributed by atoms with Gasteiger partial charge in [0.25, 0.3) is 0 Å². The summed E-state index contributed by atoms with van der Waals surface area (Å²) in [7, 11) is 1.86. The van der Waals surface area contributed by atoms with E-state index in [0.29, 0.717) is 44.3 Å². The van der Waals surface area contributed by atoms with Crippen LogP contribution in [0.1, 0.15) is 60.9 Å². The van der Waals surface area contributed by atoms with E-state index in [2.05, 4.69) is 79.0 Å². The van der Waals surface area contributed by atoms with Gasteiger partial charge < -0.3 is 10.2 Å². The van der Waals surface area contributed by atoms with E-state index in [1.807, 2.05) is 18.0 Å². The van der Waals surface area contributed by atoms with Crippen molar-refractivity contribution in [3.05, 3.63) is 71.7 Å². The SMILES string of the molecule is Cn1cnc(-c2ccc(C3=CCN(C(=O)CN4CCC5(CC(=O)NC5c5ccc6n[nH]c([C@H]7C8CC7(C#N)C8)c6c5)C4)CC3)cc2)n1. The van der Waals surface area contributed by atoms with Crippen molar-refractivity contribution in [1.82, 2.24) is 40.1 Å². The molecule has 2 N–H and O–H groups in total. The molecular formula is C36H37N9O2. The average molecular weight is 628 g/mol. The Bertz CT molecular complexity index is 2000. The average Bonchev–Trinajstić information content (AvgIpc) is 3.84. The molecule has 2 aromatic heterocycles. The first kappa shape index (κ1) is 28.4. The largest absolute Gasteiger partial charge is 0.349 e. The third kappa shape index (κ3) is 4.45. The highest BCUT2D eigenvalue weighted by molar-refractivity contribution is 5.85. The maximum Gasteiger partial charge on any atom is 0.237 e. The number of carbonyl (C=O) groups excluding carboxylic acids is 2. The summed E-state index contributed by atoms with van der Waals surface area (Å²) in [6.45, 7) is 3.14. The number of benzene rings is 2. The van der Waals surface area contributed by atoms with E-state index in [9.17, 15) is 14.9 Å². The quantitative estimate of drug-likeness (QED) is 0.331. The highest BCUT2D eigenvalue weighted by atomic mass is 16.2. The van der Waals surface area contributed by atoms with Crippen molar-refractivity contribution in [1.29, 1.82) is 5.26 Å². The van der Waals surface area contributed by atoms with Gasteiger partial charge in [-0.05, 0) is 67.0 Å². The van der Waals surface area contributed by atoms with Crippen molar-refractivity contribution in [2.75, 3.05) is 32.7 Å². The van der Waals surface area contributed by atoms with Crippen molar-refractivity contribution in [3.8, 4) is 17.5 Å². The zero-order valence-electron chi connectivity index (χ0n) is 26.4. The minimum atomic E-state index is -0.257. The maximum absolute atomic E-state index is 13.5. The normalized spacial score (nSPS) is 29.8.